The molecule has 1 unspecified atom stereocenters. The van der Waals surface area contributed by atoms with Crippen LogP contribution >= 0.6 is 0 Å². The molecule has 2 heterocycles. The molecule has 1 atom stereocenters. The number of carbonyl (C=O) groups is 1. The molecule has 1 saturated heterocycles. The molecule has 1 aromatic rings. The Kier molecular flexibility index (Phi) is 4.34. The van der Waals surface area contributed by atoms with Crippen LogP contribution in [0.25, 0.3) is 0 Å². The molecule has 1 amide bonds. The van der Waals surface area contributed by atoms with Crippen LogP contribution in [0.3, 0.4) is 0 Å². The molecule has 120 valence electrons. The van der Waals surface area contributed by atoms with Crippen LogP contribution in [0.1, 0.15) is 54.3 Å². The van der Waals surface area contributed by atoms with Gasteiger partial charge in [-0.15, -0.1) is 0 Å². The van der Waals surface area contributed by atoms with Crippen LogP contribution in [0.5, 0.6) is 0 Å². The smallest absolute Gasteiger partial charge is 0.263 e. The minimum Gasteiger partial charge on any atom is -0.336 e. The molecule has 5 heteroatoms. The third-order valence-electron chi connectivity index (χ3n) is 4.96. The van der Waals surface area contributed by atoms with E-state index in [1.807, 2.05) is 10.6 Å². The first-order chi connectivity index (χ1) is 10.6. The van der Waals surface area contributed by atoms with Crippen molar-refractivity contribution in [3.05, 3.63) is 33.2 Å². The molecule has 1 N–H and O–H groups in total. The van der Waals surface area contributed by atoms with Gasteiger partial charge in [0.05, 0.1) is 0 Å². The van der Waals surface area contributed by atoms with E-state index in [0.717, 1.165) is 44.5 Å². The molecule has 22 heavy (non-hydrogen) atoms. The summed E-state index contributed by atoms with van der Waals surface area (Å²) in [6.45, 7) is 7.12. The first-order valence-corrected chi connectivity index (χ1v) is 8.40. The van der Waals surface area contributed by atoms with E-state index in [1.54, 1.807) is 4.90 Å². The van der Waals surface area contributed by atoms with Crippen molar-refractivity contribution in [3.63, 3.8) is 0 Å². The monoisotopic (exact) mass is 303 g/mol. The fourth-order valence-electron chi connectivity index (χ4n) is 3.51. The highest BCUT2D eigenvalue weighted by molar-refractivity contribution is 5.94. The normalized spacial score (nSPS) is 19.1. The molecule has 0 saturated carbocycles. The predicted octanol–water partition coefficient (Wildman–Crippen LogP) is 1.35. The molecule has 1 fully saturated rings. The lowest BCUT2D eigenvalue weighted by atomic mass is 10.1. The van der Waals surface area contributed by atoms with Crippen LogP contribution in [0, 0.1) is 0 Å². The molecule has 0 radical (unpaired) electrons. The molecule has 1 aromatic heterocycles. The van der Waals surface area contributed by atoms with Gasteiger partial charge in [0.15, 0.2) is 0 Å². The standard InChI is InChI=1S/C17H25N3O2/c1-3-12(2)20-15-6-4-5-13(15)11-14(17(20)22)16(21)19-9-7-18-8-10-19/h11-12,18H,3-10H2,1-2H3. The second kappa shape index (κ2) is 6.24. The third-order valence-corrected chi connectivity index (χ3v) is 4.96. The number of pyridine rings is 1. The summed E-state index contributed by atoms with van der Waals surface area (Å²) in [6, 6.07) is 2.02. The topological polar surface area (TPSA) is 54.3 Å². The zero-order valence-corrected chi connectivity index (χ0v) is 13.5. The zero-order valence-electron chi connectivity index (χ0n) is 13.5. The number of aromatic nitrogens is 1. The zero-order chi connectivity index (χ0) is 15.7. The minimum atomic E-state index is -0.0988. The van der Waals surface area contributed by atoms with Gasteiger partial charge in [-0.25, -0.2) is 0 Å². The molecule has 5 nitrogen and oxygen atoms in total. The Morgan fingerprint density at radius 2 is 2.05 bits per heavy atom. The Bertz CT molecular complexity index is 630. The van der Waals surface area contributed by atoms with E-state index in [-0.39, 0.29) is 17.5 Å². The van der Waals surface area contributed by atoms with Crippen LogP contribution in [-0.2, 0) is 12.8 Å². The van der Waals surface area contributed by atoms with Crippen LogP contribution in [0.2, 0.25) is 0 Å². The first kappa shape index (κ1) is 15.3. The summed E-state index contributed by atoms with van der Waals surface area (Å²) in [6.07, 6.45) is 3.92. The van der Waals surface area contributed by atoms with Gasteiger partial charge >= 0.3 is 0 Å². The van der Waals surface area contributed by atoms with Crippen molar-refractivity contribution in [2.45, 2.75) is 45.6 Å². The van der Waals surface area contributed by atoms with E-state index in [0.29, 0.717) is 18.7 Å². The van der Waals surface area contributed by atoms with E-state index >= 15 is 0 Å². The predicted molar refractivity (Wildman–Crippen MR) is 86.5 cm³/mol. The summed E-state index contributed by atoms with van der Waals surface area (Å²) < 4.78 is 1.89. The van der Waals surface area contributed by atoms with Gasteiger partial charge in [0.1, 0.15) is 5.56 Å². The summed E-state index contributed by atoms with van der Waals surface area (Å²) in [4.78, 5) is 27.5. The number of piperazine rings is 1. The van der Waals surface area contributed by atoms with Gasteiger partial charge in [0.25, 0.3) is 11.5 Å². The first-order valence-electron chi connectivity index (χ1n) is 8.40. The van der Waals surface area contributed by atoms with Crippen molar-refractivity contribution >= 4 is 5.91 Å². The van der Waals surface area contributed by atoms with Crippen LogP contribution in [0.4, 0.5) is 0 Å². The van der Waals surface area contributed by atoms with E-state index in [2.05, 4.69) is 19.2 Å². The number of nitrogens with one attached hydrogen (secondary N) is 1. The highest BCUT2D eigenvalue weighted by Gasteiger charge is 2.27. The van der Waals surface area contributed by atoms with Crippen LogP contribution in [0.15, 0.2) is 10.9 Å². The number of aryl methyl sites for hydroxylation is 1. The molecule has 0 aromatic carbocycles. The molecular formula is C17H25N3O2. The van der Waals surface area contributed by atoms with Gasteiger partial charge in [0, 0.05) is 37.9 Å². The fraction of sp³-hybridized carbons (Fsp3) is 0.647. The molecule has 0 spiro atoms. The average molecular weight is 303 g/mol. The number of carbonyl (C=O) groups excluding carboxylic acids is 1. The quantitative estimate of drug-likeness (QED) is 0.917. The Balaban J connectivity index is 2.05. The lowest BCUT2D eigenvalue weighted by Gasteiger charge is -2.28. The summed E-state index contributed by atoms with van der Waals surface area (Å²) >= 11 is 0. The number of rotatable bonds is 3. The molecular weight excluding hydrogens is 278 g/mol. The van der Waals surface area contributed by atoms with E-state index < -0.39 is 0 Å². The number of fused-ring (bicyclic) bond motifs is 1. The SMILES string of the molecule is CCC(C)n1c2c(cc(C(=O)N3CCNCC3)c1=O)CCC2. The highest BCUT2D eigenvalue weighted by Crippen LogP contribution is 2.25. The van der Waals surface area contributed by atoms with Crippen molar-refractivity contribution in [1.82, 2.24) is 14.8 Å². The van der Waals surface area contributed by atoms with Gasteiger partial charge in [-0.05, 0) is 44.2 Å². The van der Waals surface area contributed by atoms with Crippen molar-refractivity contribution in [2.75, 3.05) is 26.2 Å². The second-order valence-corrected chi connectivity index (χ2v) is 6.36. The Morgan fingerprint density at radius 3 is 2.73 bits per heavy atom. The maximum Gasteiger partial charge on any atom is 0.263 e. The Labute approximate surface area is 131 Å². The van der Waals surface area contributed by atoms with Gasteiger partial charge in [-0.3, -0.25) is 9.59 Å². The van der Waals surface area contributed by atoms with Crippen LogP contribution in [-0.4, -0.2) is 41.6 Å². The van der Waals surface area contributed by atoms with E-state index in [9.17, 15) is 9.59 Å². The molecule has 1 aliphatic carbocycles. The number of nitrogens with zero attached hydrogens (tertiary/aromatic N) is 2. The van der Waals surface area contributed by atoms with Crippen LogP contribution < -0.4 is 10.9 Å². The number of hydrogen-bond donors (Lipinski definition) is 1. The second-order valence-electron chi connectivity index (χ2n) is 6.36. The van der Waals surface area contributed by atoms with E-state index in [4.69, 9.17) is 0 Å². The minimum absolute atomic E-state index is 0.0986. The van der Waals surface area contributed by atoms with Gasteiger partial charge in [0.2, 0.25) is 0 Å². The van der Waals surface area contributed by atoms with E-state index in [1.165, 1.54) is 5.56 Å². The van der Waals surface area contributed by atoms with Crippen molar-refractivity contribution < 1.29 is 4.79 Å². The summed E-state index contributed by atoms with van der Waals surface area (Å²) in [7, 11) is 0. The number of hydrogen-bond acceptors (Lipinski definition) is 3. The summed E-state index contributed by atoms with van der Waals surface area (Å²) in [5.41, 5.74) is 2.61. The Morgan fingerprint density at radius 1 is 1.32 bits per heavy atom. The lowest BCUT2D eigenvalue weighted by molar-refractivity contribution is 0.0733. The lowest BCUT2D eigenvalue weighted by Crippen LogP contribution is -2.48. The fourth-order valence-corrected chi connectivity index (χ4v) is 3.51. The largest absolute Gasteiger partial charge is 0.336 e. The molecule has 0 bridgehead atoms. The highest BCUT2D eigenvalue weighted by atomic mass is 16.2. The number of amides is 1. The Hall–Kier alpha value is -1.62. The van der Waals surface area contributed by atoms with Gasteiger partial charge in [-0.2, -0.15) is 0 Å². The third kappa shape index (κ3) is 2.58. The van der Waals surface area contributed by atoms with Crippen molar-refractivity contribution in [1.29, 1.82) is 0 Å². The molecule has 1 aliphatic heterocycles. The maximum absolute atomic E-state index is 12.9. The average Bonchev–Trinajstić information content (AvgIpc) is 3.01. The van der Waals surface area contributed by atoms with Gasteiger partial charge in [-0.1, -0.05) is 6.92 Å². The van der Waals surface area contributed by atoms with Gasteiger partial charge < -0.3 is 14.8 Å². The molecule has 2 aliphatic rings. The molecule has 3 rings (SSSR count). The van der Waals surface area contributed by atoms with Crippen molar-refractivity contribution in [3.8, 4) is 0 Å². The van der Waals surface area contributed by atoms with Crippen molar-refractivity contribution in [2.24, 2.45) is 0 Å². The summed E-state index contributed by atoms with van der Waals surface area (Å²) in [5, 5.41) is 3.24. The maximum atomic E-state index is 12.9. The summed E-state index contributed by atoms with van der Waals surface area (Å²) in [5.74, 6) is -0.0988.